The van der Waals surface area contributed by atoms with Crippen molar-refractivity contribution in [2.75, 3.05) is 10.6 Å². The Labute approximate surface area is 154 Å². The Balaban J connectivity index is 1.51. The number of carbonyl (C=O) groups is 1. The summed E-state index contributed by atoms with van der Waals surface area (Å²) in [7, 11) is 0. The molecule has 0 unspecified atom stereocenters. The first-order valence-electron chi connectivity index (χ1n) is 8.13. The van der Waals surface area contributed by atoms with Crippen molar-refractivity contribution < 1.29 is 4.79 Å². The SMILES string of the molecule is Cc1csc2ncnc(Nc3ccc(NC(=O)c4ccccc4)cc3)c12. The summed E-state index contributed by atoms with van der Waals surface area (Å²) in [6.45, 7) is 2.05. The summed E-state index contributed by atoms with van der Waals surface area (Å²) >= 11 is 1.61. The molecule has 0 saturated carbocycles. The van der Waals surface area contributed by atoms with Crippen molar-refractivity contribution in [3.05, 3.63) is 77.4 Å². The molecule has 0 aliphatic rings. The van der Waals surface area contributed by atoms with Crippen molar-refractivity contribution >= 4 is 44.7 Å². The molecule has 0 spiro atoms. The first-order chi connectivity index (χ1) is 12.7. The monoisotopic (exact) mass is 360 g/mol. The van der Waals surface area contributed by atoms with Gasteiger partial charge in [0.1, 0.15) is 17.0 Å². The predicted molar refractivity (Wildman–Crippen MR) is 106 cm³/mol. The fraction of sp³-hybridized carbons (Fsp3) is 0.0500. The Hall–Kier alpha value is -3.25. The second-order valence-corrected chi connectivity index (χ2v) is 6.70. The lowest BCUT2D eigenvalue weighted by atomic mass is 10.2. The van der Waals surface area contributed by atoms with Crippen LogP contribution in [0.1, 0.15) is 15.9 Å². The van der Waals surface area contributed by atoms with E-state index in [4.69, 9.17) is 0 Å². The van der Waals surface area contributed by atoms with Gasteiger partial charge >= 0.3 is 0 Å². The molecule has 2 aromatic carbocycles. The zero-order valence-corrected chi connectivity index (χ0v) is 14.9. The number of aromatic nitrogens is 2. The van der Waals surface area contributed by atoms with Crippen molar-refractivity contribution in [3.63, 3.8) is 0 Å². The number of anilines is 3. The summed E-state index contributed by atoms with van der Waals surface area (Å²) < 4.78 is 0. The highest BCUT2D eigenvalue weighted by Gasteiger charge is 2.09. The first-order valence-corrected chi connectivity index (χ1v) is 9.01. The molecule has 2 aromatic heterocycles. The largest absolute Gasteiger partial charge is 0.340 e. The van der Waals surface area contributed by atoms with Gasteiger partial charge in [0.05, 0.1) is 5.39 Å². The lowest BCUT2D eigenvalue weighted by Crippen LogP contribution is -2.11. The molecule has 0 aliphatic carbocycles. The van der Waals surface area contributed by atoms with E-state index in [0.717, 1.165) is 33.0 Å². The second-order valence-electron chi connectivity index (χ2n) is 5.84. The van der Waals surface area contributed by atoms with Crippen LogP contribution in [0.25, 0.3) is 10.2 Å². The fourth-order valence-corrected chi connectivity index (χ4v) is 3.57. The Morgan fingerprint density at radius 3 is 2.46 bits per heavy atom. The minimum atomic E-state index is -0.127. The molecule has 0 saturated heterocycles. The number of rotatable bonds is 4. The number of carbonyl (C=O) groups excluding carboxylic acids is 1. The number of hydrogen-bond donors (Lipinski definition) is 2. The van der Waals surface area contributed by atoms with Gasteiger partial charge in [-0.05, 0) is 54.3 Å². The van der Waals surface area contributed by atoms with Crippen molar-refractivity contribution in [1.82, 2.24) is 9.97 Å². The zero-order chi connectivity index (χ0) is 17.9. The predicted octanol–water partition coefficient (Wildman–Crippen LogP) is 5.00. The Kier molecular flexibility index (Phi) is 4.33. The van der Waals surface area contributed by atoms with Crippen LogP contribution >= 0.6 is 11.3 Å². The zero-order valence-electron chi connectivity index (χ0n) is 14.1. The summed E-state index contributed by atoms with van der Waals surface area (Å²) in [6, 6.07) is 16.7. The summed E-state index contributed by atoms with van der Waals surface area (Å²) in [5.74, 6) is 0.660. The van der Waals surface area contributed by atoms with Crippen LogP contribution in [0, 0.1) is 6.92 Å². The van der Waals surface area contributed by atoms with Crippen LogP contribution in [-0.2, 0) is 0 Å². The minimum Gasteiger partial charge on any atom is -0.340 e. The van der Waals surface area contributed by atoms with Gasteiger partial charge in [0.15, 0.2) is 0 Å². The summed E-state index contributed by atoms with van der Waals surface area (Å²) in [5, 5.41) is 9.34. The molecule has 0 aliphatic heterocycles. The lowest BCUT2D eigenvalue weighted by Gasteiger charge is -2.09. The van der Waals surface area contributed by atoms with Gasteiger partial charge < -0.3 is 10.6 Å². The number of hydrogen-bond acceptors (Lipinski definition) is 5. The standard InChI is InChI=1S/C20H16N4OS/c1-13-11-26-20-17(13)18(21-12-22-20)23-15-7-9-16(10-8-15)24-19(25)14-5-3-2-4-6-14/h2-12H,1H3,(H,24,25)(H,21,22,23). The third-order valence-electron chi connectivity index (χ3n) is 4.00. The van der Waals surface area contributed by atoms with E-state index in [1.54, 1.807) is 29.8 Å². The van der Waals surface area contributed by atoms with Crippen molar-refractivity contribution in [3.8, 4) is 0 Å². The molecule has 0 radical (unpaired) electrons. The van der Waals surface area contributed by atoms with Crippen LogP contribution in [0.4, 0.5) is 17.2 Å². The van der Waals surface area contributed by atoms with Crippen LogP contribution in [0.2, 0.25) is 0 Å². The molecule has 6 heteroatoms. The molecule has 2 N–H and O–H groups in total. The molecule has 4 aromatic rings. The van der Waals surface area contributed by atoms with E-state index in [9.17, 15) is 4.79 Å². The Morgan fingerprint density at radius 1 is 0.962 bits per heavy atom. The molecule has 2 heterocycles. The van der Waals surface area contributed by atoms with Crippen LogP contribution in [0.5, 0.6) is 0 Å². The molecule has 4 rings (SSSR count). The van der Waals surface area contributed by atoms with Gasteiger partial charge in [-0.2, -0.15) is 0 Å². The highest BCUT2D eigenvalue weighted by Crippen LogP contribution is 2.30. The van der Waals surface area contributed by atoms with Crippen LogP contribution in [-0.4, -0.2) is 15.9 Å². The third kappa shape index (κ3) is 3.27. The highest BCUT2D eigenvalue weighted by atomic mass is 32.1. The van der Waals surface area contributed by atoms with Gasteiger partial charge in [-0.1, -0.05) is 18.2 Å². The van der Waals surface area contributed by atoms with Gasteiger partial charge in [-0.15, -0.1) is 11.3 Å². The molecular formula is C20H16N4OS. The van der Waals surface area contributed by atoms with Gasteiger partial charge in [0.25, 0.3) is 5.91 Å². The average molecular weight is 360 g/mol. The molecule has 26 heavy (non-hydrogen) atoms. The molecule has 0 fully saturated rings. The third-order valence-corrected chi connectivity index (χ3v) is 5.00. The first kappa shape index (κ1) is 16.2. The quantitative estimate of drug-likeness (QED) is 0.538. The fourth-order valence-electron chi connectivity index (χ4n) is 2.68. The Morgan fingerprint density at radius 2 is 1.69 bits per heavy atom. The van der Waals surface area contributed by atoms with E-state index in [1.807, 2.05) is 42.5 Å². The van der Waals surface area contributed by atoms with Crippen molar-refractivity contribution in [2.45, 2.75) is 6.92 Å². The van der Waals surface area contributed by atoms with Gasteiger partial charge in [-0.25, -0.2) is 9.97 Å². The summed E-state index contributed by atoms with van der Waals surface area (Å²) in [4.78, 5) is 21.8. The van der Waals surface area contributed by atoms with E-state index < -0.39 is 0 Å². The number of fused-ring (bicyclic) bond motifs is 1. The van der Waals surface area contributed by atoms with E-state index >= 15 is 0 Å². The summed E-state index contributed by atoms with van der Waals surface area (Å²) in [6.07, 6.45) is 1.56. The number of benzene rings is 2. The Bertz CT molecular complexity index is 1060. The van der Waals surface area contributed by atoms with Gasteiger partial charge in [-0.3, -0.25) is 4.79 Å². The minimum absolute atomic E-state index is 0.127. The maximum absolute atomic E-state index is 12.2. The molecule has 128 valence electrons. The highest BCUT2D eigenvalue weighted by molar-refractivity contribution is 7.17. The summed E-state index contributed by atoms with van der Waals surface area (Å²) in [5.41, 5.74) is 3.42. The normalized spacial score (nSPS) is 10.7. The number of nitrogens with zero attached hydrogens (tertiary/aromatic N) is 2. The van der Waals surface area contributed by atoms with E-state index in [1.165, 1.54) is 0 Å². The number of nitrogens with one attached hydrogen (secondary N) is 2. The number of thiophene rings is 1. The van der Waals surface area contributed by atoms with Crippen LogP contribution in [0.15, 0.2) is 66.3 Å². The van der Waals surface area contributed by atoms with Gasteiger partial charge in [0.2, 0.25) is 0 Å². The second kappa shape index (κ2) is 6.93. The maximum Gasteiger partial charge on any atom is 0.255 e. The average Bonchev–Trinajstić information content (AvgIpc) is 3.06. The van der Waals surface area contributed by atoms with E-state index in [-0.39, 0.29) is 5.91 Å². The van der Waals surface area contributed by atoms with Crippen molar-refractivity contribution in [1.29, 1.82) is 0 Å². The topological polar surface area (TPSA) is 66.9 Å². The number of amides is 1. The molecule has 0 atom stereocenters. The van der Waals surface area contributed by atoms with Crippen LogP contribution < -0.4 is 10.6 Å². The van der Waals surface area contributed by atoms with E-state index in [0.29, 0.717) is 5.56 Å². The molecule has 5 nitrogen and oxygen atoms in total. The molecule has 0 bridgehead atoms. The van der Waals surface area contributed by atoms with Crippen molar-refractivity contribution in [2.24, 2.45) is 0 Å². The molecule has 1 amide bonds. The molecular weight excluding hydrogens is 344 g/mol. The van der Waals surface area contributed by atoms with Gasteiger partial charge in [0, 0.05) is 16.9 Å². The van der Waals surface area contributed by atoms with Crippen LogP contribution in [0.3, 0.4) is 0 Å². The lowest BCUT2D eigenvalue weighted by molar-refractivity contribution is 0.102. The number of aryl methyl sites for hydroxylation is 1. The van der Waals surface area contributed by atoms with E-state index in [2.05, 4.69) is 32.9 Å². The smallest absolute Gasteiger partial charge is 0.255 e. The maximum atomic E-state index is 12.2.